The maximum absolute atomic E-state index is 10.7. The zero-order valence-corrected chi connectivity index (χ0v) is 13.2. The zero-order chi connectivity index (χ0) is 13.7. The van der Waals surface area contributed by atoms with Gasteiger partial charge in [-0.25, -0.2) is 0 Å². The summed E-state index contributed by atoms with van der Waals surface area (Å²) in [4.78, 5) is 0. The van der Waals surface area contributed by atoms with Crippen molar-refractivity contribution in [3.63, 3.8) is 0 Å². The molecule has 0 saturated heterocycles. The monoisotopic (exact) mass is 326 g/mol. The third kappa shape index (κ3) is 3.59. The largest absolute Gasteiger partial charge is 0.390 e. The average Bonchev–Trinajstić information content (AvgIpc) is 2.42. The van der Waals surface area contributed by atoms with Crippen LogP contribution in [-0.2, 0) is 11.2 Å². The van der Waals surface area contributed by atoms with Crippen molar-refractivity contribution in [1.29, 1.82) is 0 Å². The summed E-state index contributed by atoms with van der Waals surface area (Å²) in [6.45, 7) is 2.69. The van der Waals surface area contributed by atoms with Gasteiger partial charge in [0.05, 0.1) is 11.7 Å². The predicted octanol–water partition coefficient (Wildman–Crippen LogP) is 4.09. The molecule has 1 aliphatic rings. The second kappa shape index (κ2) is 6.87. The molecule has 1 aromatic rings. The van der Waals surface area contributed by atoms with Gasteiger partial charge in [-0.2, -0.15) is 0 Å². The Kier molecular flexibility index (Phi) is 5.43. The Labute approximate surface area is 124 Å². The van der Waals surface area contributed by atoms with E-state index in [9.17, 15) is 5.11 Å². The molecule has 0 spiro atoms. The van der Waals surface area contributed by atoms with Crippen molar-refractivity contribution >= 4 is 15.9 Å². The smallest absolute Gasteiger partial charge is 0.0943 e. The highest BCUT2D eigenvalue weighted by Crippen LogP contribution is 2.36. The van der Waals surface area contributed by atoms with Crippen molar-refractivity contribution in [2.45, 2.75) is 57.2 Å². The molecule has 1 unspecified atom stereocenters. The third-order valence-electron chi connectivity index (χ3n) is 4.11. The van der Waals surface area contributed by atoms with E-state index in [0.29, 0.717) is 13.0 Å². The quantitative estimate of drug-likeness (QED) is 0.882. The van der Waals surface area contributed by atoms with Gasteiger partial charge in [0.15, 0.2) is 0 Å². The molecule has 0 heterocycles. The van der Waals surface area contributed by atoms with Gasteiger partial charge >= 0.3 is 0 Å². The Balaban J connectivity index is 2.11. The first-order chi connectivity index (χ1) is 9.18. The van der Waals surface area contributed by atoms with Crippen LogP contribution in [0.25, 0.3) is 0 Å². The van der Waals surface area contributed by atoms with E-state index in [1.165, 1.54) is 6.42 Å². The third-order valence-corrected chi connectivity index (χ3v) is 4.88. The van der Waals surface area contributed by atoms with Crippen molar-refractivity contribution in [1.82, 2.24) is 0 Å². The summed E-state index contributed by atoms with van der Waals surface area (Å²) >= 11 is 3.55. The minimum absolute atomic E-state index is 0.331. The second-order valence-corrected chi connectivity index (χ2v) is 6.22. The molecule has 2 nitrogen and oxygen atoms in total. The Hall–Kier alpha value is -0.380. The zero-order valence-electron chi connectivity index (χ0n) is 11.6. The van der Waals surface area contributed by atoms with Crippen LogP contribution in [0.4, 0.5) is 0 Å². The van der Waals surface area contributed by atoms with Gasteiger partial charge in [-0.05, 0) is 31.4 Å². The lowest BCUT2D eigenvalue weighted by molar-refractivity contribution is -0.138. The molecule has 3 heteroatoms. The molecule has 1 N–H and O–H groups in total. The highest BCUT2D eigenvalue weighted by atomic mass is 79.9. The summed E-state index contributed by atoms with van der Waals surface area (Å²) < 4.78 is 7.05. The Morgan fingerprint density at radius 2 is 1.95 bits per heavy atom. The van der Waals surface area contributed by atoms with Gasteiger partial charge in [0.25, 0.3) is 0 Å². The van der Waals surface area contributed by atoms with Gasteiger partial charge in [0, 0.05) is 17.5 Å². The number of hydrogen-bond donors (Lipinski definition) is 1. The molecule has 1 atom stereocenters. The summed E-state index contributed by atoms with van der Waals surface area (Å²) in [6, 6.07) is 8.10. The molecule has 19 heavy (non-hydrogen) atoms. The number of aliphatic hydroxyl groups excluding tert-OH is 1. The van der Waals surface area contributed by atoms with Crippen molar-refractivity contribution in [3.05, 3.63) is 34.3 Å². The van der Waals surface area contributed by atoms with Gasteiger partial charge in [0.1, 0.15) is 0 Å². The summed E-state index contributed by atoms with van der Waals surface area (Å²) in [6.07, 6.45) is 5.77. The Bertz CT molecular complexity index is 394. The fourth-order valence-electron chi connectivity index (χ4n) is 3.07. The SMILES string of the molecule is CCOC1(C(O)Cc2ccccc2Br)CCCCC1. The minimum Gasteiger partial charge on any atom is -0.390 e. The van der Waals surface area contributed by atoms with Crippen LogP contribution in [0.3, 0.4) is 0 Å². The van der Waals surface area contributed by atoms with Gasteiger partial charge in [-0.1, -0.05) is 53.4 Å². The van der Waals surface area contributed by atoms with Crippen LogP contribution in [0.15, 0.2) is 28.7 Å². The summed E-state index contributed by atoms with van der Waals surface area (Å²) in [7, 11) is 0. The molecule has 0 aliphatic heterocycles. The number of halogens is 1. The number of aliphatic hydroxyl groups is 1. The average molecular weight is 327 g/mol. The van der Waals surface area contributed by atoms with Crippen molar-refractivity contribution in [2.24, 2.45) is 0 Å². The van der Waals surface area contributed by atoms with Crippen LogP contribution in [0.5, 0.6) is 0 Å². The standard InChI is InChI=1S/C16H23BrO2/c1-2-19-16(10-6-3-7-11-16)15(18)12-13-8-4-5-9-14(13)17/h4-5,8-9,15,18H,2-3,6-7,10-12H2,1H3. The van der Waals surface area contributed by atoms with Gasteiger partial charge in [-0.15, -0.1) is 0 Å². The fourth-order valence-corrected chi connectivity index (χ4v) is 3.52. The van der Waals surface area contributed by atoms with Crippen LogP contribution in [0, 0.1) is 0 Å². The van der Waals surface area contributed by atoms with E-state index in [2.05, 4.69) is 22.0 Å². The molecule has 0 bridgehead atoms. The van der Waals surface area contributed by atoms with E-state index in [0.717, 1.165) is 35.7 Å². The van der Waals surface area contributed by atoms with Gasteiger partial charge in [-0.3, -0.25) is 0 Å². The Morgan fingerprint density at radius 3 is 2.58 bits per heavy atom. The first kappa shape index (κ1) is 15.0. The van der Waals surface area contributed by atoms with Crippen LogP contribution in [-0.4, -0.2) is 23.4 Å². The number of hydrogen-bond acceptors (Lipinski definition) is 2. The molecule has 2 rings (SSSR count). The normalized spacial score (nSPS) is 20.2. The number of ether oxygens (including phenoxy) is 1. The molecule has 1 saturated carbocycles. The lowest BCUT2D eigenvalue weighted by Crippen LogP contribution is -2.47. The maximum atomic E-state index is 10.7. The Morgan fingerprint density at radius 1 is 1.26 bits per heavy atom. The van der Waals surface area contributed by atoms with E-state index < -0.39 is 6.10 Å². The molecule has 0 aromatic heterocycles. The summed E-state index contributed by atoms with van der Waals surface area (Å²) in [5, 5.41) is 10.7. The predicted molar refractivity (Wildman–Crippen MR) is 81.3 cm³/mol. The minimum atomic E-state index is -0.425. The summed E-state index contributed by atoms with van der Waals surface area (Å²) in [5.41, 5.74) is 0.821. The molecule has 106 valence electrons. The second-order valence-electron chi connectivity index (χ2n) is 5.37. The molecule has 0 radical (unpaired) electrons. The molecule has 1 aliphatic carbocycles. The lowest BCUT2D eigenvalue weighted by atomic mass is 9.78. The van der Waals surface area contributed by atoms with E-state index in [4.69, 9.17) is 4.74 Å². The van der Waals surface area contributed by atoms with Crippen LogP contribution in [0.1, 0.15) is 44.6 Å². The molecule has 1 aromatic carbocycles. The van der Waals surface area contributed by atoms with E-state index >= 15 is 0 Å². The first-order valence-electron chi connectivity index (χ1n) is 7.23. The highest BCUT2D eigenvalue weighted by molar-refractivity contribution is 9.10. The van der Waals surface area contributed by atoms with E-state index in [-0.39, 0.29) is 5.60 Å². The van der Waals surface area contributed by atoms with Crippen LogP contribution < -0.4 is 0 Å². The van der Waals surface area contributed by atoms with Crippen LogP contribution >= 0.6 is 15.9 Å². The maximum Gasteiger partial charge on any atom is 0.0943 e. The first-order valence-corrected chi connectivity index (χ1v) is 8.03. The van der Waals surface area contributed by atoms with Crippen molar-refractivity contribution in [2.75, 3.05) is 6.61 Å². The van der Waals surface area contributed by atoms with E-state index in [1.54, 1.807) is 0 Å². The molecular weight excluding hydrogens is 304 g/mol. The number of rotatable bonds is 5. The molecule has 0 amide bonds. The van der Waals surface area contributed by atoms with Gasteiger partial charge < -0.3 is 9.84 Å². The van der Waals surface area contributed by atoms with Crippen molar-refractivity contribution in [3.8, 4) is 0 Å². The van der Waals surface area contributed by atoms with Crippen LogP contribution in [0.2, 0.25) is 0 Å². The summed E-state index contributed by atoms with van der Waals surface area (Å²) in [5.74, 6) is 0. The fraction of sp³-hybridized carbons (Fsp3) is 0.625. The topological polar surface area (TPSA) is 29.5 Å². The highest BCUT2D eigenvalue weighted by Gasteiger charge is 2.39. The van der Waals surface area contributed by atoms with Crippen molar-refractivity contribution < 1.29 is 9.84 Å². The molecule has 1 fully saturated rings. The number of benzene rings is 1. The molecular formula is C16H23BrO2. The lowest BCUT2D eigenvalue weighted by Gasteiger charge is -2.41. The van der Waals surface area contributed by atoms with E-state index in [1.807, 2.05) is 25.1 Å². The van der Waals surface area contributed by atoms with Gasteiger partial charge in [0.2, 0.25) is 0 Å².